The van der Waals surface area contributed by atoms with Gasteiger partial charge in [0.05, 0.1) is 11.4 Å². The van der Waals surface area contributed by atoms with Gasteiger partial charge in [-0.15, -0.1) is 22.7 Å². The van der Waals surface area contributed by atoms with Crippen molar-refractivity contribution in [1.82, 2.24) is 0 Å². The fourth-order valence-corrected chi connectivity index (χ4v) is 6.21. The molecule has 0 saturated carbocycles. The Bertz CT molecular complexity index is 1280. The van der Waals surface area contributed by atoms with E-state index in [9.17, 15) is 13.6 Å². The Morgan fingerprint density at radius 2 is 1.62 bits per heavy atom. The van der Waals surface area contributed by atoms with Crippen LogP contribution in [0.5, 0.6) is 0 Å². The number of hydrogen-bond acceptors (Lipinski definition) is 5. The number of benzene rings is 2. The number of fused-ring (bicyclic) bond motifs is 1. The summed E-state index contributed by atoms with van der Waals surface area (Å²) in [6, 6.07) is 19.2. The van der Waals surface area contributed by atoms with Crippen LogP contribution in [0, 0.1) is 6.92 Å². The van der Waals surface area contributed by atoms with E-state index in [1.54, 1.807) is 50.3 Å². The fourth-order valence-electron chi connectivity index (χ4n) is 3.32. The molecule has 0 radical (unpaired) electrons. The van der Waals surface area contributed by atoms with Gasteiger partial charge < -0.3 is 4.74 Å². The van der Waals surface area contributed by atoms with Crippen molar-refractivity contribution < 1.29 is 18.3 Å². The van der Waals surface area contributed by atoms with E-state index >= 15 is 0 Å². The number of ether oxygens (including phenoxy) is 1. The number of para-hydroxylation sites is 1. The van der Waals surface area contributed by atoms with Crippen molar-refractivity contribution in [2.75, 3.05) is 4.31 Å². The first-order chi connectivity index (χ1) is 15.1. The van der Waals surface area contributed by atoms with E-state index in [1.165, 1.54) is 15.6 Å². The highest BCUT2D eigenvalue weighted by atomic mass is 32.2. The standard InChI is InChI=1S/C24H23NO4S3/c1-15-9-5-7-11-17(15)25(32(27)28)18-14-21(31-22(18)23(26)29-24(2,3)4)20-13-16-10-6-8-12-19(16)30-20/h5-14H,1-4H3,(H,27,28). The monoisotopic (exact) mass is 485 g/mol. The van der Waals surface area contributed by atoms with E-state index in [2.05, 4.69) is 12.1 Å². The second kappa shape index (κ2) is 8.78. The first-order valence-electron chi connectivity index (χ1n) is 9.97. The molecule has 2 heterocycles. The van der Waals surface area contributed by atoms with Crippen LogP contribution >= 0.6 is 22.7 Å². The second-order valence-electron chi connectivity index (χ2n) is 8.29. The van der Waals surface area contributed by atoms with Gasteiger partial charge in [0.25, 0.3) is 11.3 Å². The number of hydrogen-bond donors (Lipinski definition) is 1. The molecule has 0 aliphatic carbocycles. The van der Waals surface area contributed by atoms with Crippen LogP contribution in [0.1, 0.15) is 36.0 Å². The van der Waals surface area contributed by atoms with E-state index in [0.29, 0.717) is 11.4 Å². The number of carbonyl (C=O) groups is 1. The zero-order valence-electron chi connectivity index (χ0n) is 18.1. The second-order valence-corrected chi connectivity index (χ2v) is 11.2. The van der Waals surface area contributed by atoms with Crippen LogP contribution in [0.25, 0.3) is 19.8 Å². The molecule has 8 heteroatoms. The molecule has 166 valence electrons. The smallest absolute Gasteiger partial charge is 0.351 e. The summed E-state index contributed by atoms with van der Waals surface area (Å²) >= 11 is 0.502. The van der Waals surface area contributed by atoms with Crippen molar-refractivity contribution in [3.63, 3.8) is 0 Å². The summed E-state index contributed by atoms with van der Waals surface area (Å²) in [5.74, 6) is -0.520. The third-order valence-corrected chi connectivity index (χ3v) is 7.80. The van der Waals surface area contributed by atoms with E-state index < -0.39 is 22.8 Å². The molecule has 0 saturated heterocycles. The van der Waals surface area contributed by atoms with Gasteiger partial charge in [0, 0.05) is 14.5 Å². The lowest BCUT2D eigenvalue weighted by Crippen LogP contribution is -2.26. The van der Waals surface area contributed by atoms with Crippen molar-refractivity contribution in [3.8, 4) is 9.75 Å². The maximum atomic E-state index is 13.1. The molecule has 5 nitrogen and oxygen atoms in total. The van der Waals surface area contributed by atoms with E-state index in [-0.39, 0.29) is 4.88 Å². The van der Waals surface area contributed by atoms with Gasteiger partial charge in [-0.05, 0) is 62.9 Å². The van der Waals surface area contributed by atoms with Gasteiger partial charge in [0.1, 0.15) is 10.5 Å². The first-order valence-corrected chi connectivity index (χ1v) is 12.7. The Hall–Kier alpha value is -2.52. The zero-order valence-corrected chi connectivity index (χ0v) is 20.6. The van der Waals surface area contributed by atoms with Crippen LogP contribution in [0.4, 0.5) is 11.4 Å². The summed E-state index contributed by atoms with van der Waals surface area (Å²) in [6.07, 6.45) is 0. The highest BCUT2D eigenvalue weighted by molar-refractivity contribution is 7.81. The van der Waals surface area contributed by atoms with Gasteiger partial charge >= 0.3 is 5.97 Å². The van der Waals surface area contributed by atoms with Crippen molar-refractivity contribution in [3.05, 3.63) is 71.1 Å². The highest BCUT2D eigenvalue weighted by Crippen LogP contribution is 2.44. The molecule has 4 rings (SSSR count). The fraction of sp³-hybridized carbons (Fsp3) is 0.208. The van der Waals surface area contributed by atoms with Crippen LogP contribution in [0.2, 0.25) is 0 Å². The van der Waals surface area contributed by atoms with Crippen LogP contribution in [0.15, 0.2) is 60.7 Å². The predicted molar refractivity (Wildman–Crippen MR) is 134 cm³/mol. The topological polar surface area (TPSA) is 66.8 Å². The largest absolute Gasteiger partial charge is 0.456 e. The van der Waals surface area contributed by atoms with Gasteiger partial charge in [-0.25, -0.2) is 13.3 Å². The lowest BCUT2D eigenvalue weighted by atomic mass is 10.2. The van der Waals surface area contributed by atoms with Gasteiger partial charge in [0.2, 0.25) is 0 Å². The Labute approximate surface area is 197 Å². The lowest BCUT2D eigenvalue weighted by Gasteiger charge is -2.23. The summed E-state index contributed by atoms with van der Waals surface area (Å²) in [4.78, 5) is 15.2. The molecular weight excluding hydrogens is 462 g/mol. The molecule has 2 aromatic heterocycles. The molecule has 1 atom stereocenters. The summed E-state index contributed by atoms with van der Waals surface area (Å²) in [6.45, 7) is 7.26. The third kappa shape index (κ3) is 4.63. The molecule has 0 aliphatic rings. The van der Waals surface area contributed by atoms with Gasteiger partial charge in [-0.2, -0.15) is 0 Å². The molecular formula is C24H23NO4S3. The molecule has 4 aromatic rings. The maximum absolute atomic E-state index is 13.1. The normalized spacial score (nSPS) is 12.7. The van der Waals surface area contributed by atoms with Crippen molar-refractivity contribution in [2.45, 2.75) is 33.3 Å². The predicted octanol–water partition coefficient (Wildman–Crippen LogP) is 7.17. The molecule has 1 N–H and O–H groups in total. The average Bonchev–Trinajstić information content (AvgIpc) is 3.32. The zero-order chi connectivity index (χ0) is 23.0. The minimum Gasteiger partial charge on any atom is -0.456 e. The van der Waals surface area contributed by atoms with Crippen LogP contribution < -0.4 is 4.31 Å². The summed E-state index contributed by atoms with van der Waals surface area (Å²) in [7, 11) is 0. The minimum absolute atomic E-state index is 0.290. The van der Waals surface area contributed by atoms with Crippen molar-refractivity contribution in [1.29, 1.82) is 0 Å². The van der Waals surface area contributed by atoms with Crippen LogP contribution in [-0.4, -0.2) is 20.3 Å². The van der Waals surface area contributed by atoms with Crippen molar-refractivity contribution >= 4 is 61.4 Å². The quantitative estimate of drug-likeness (QED) is 0.240. The molecule has 1 unspecified atom stereocenters. The Kier molecular flexibility index (Phi) is 6.22. The Balaban J connectivity index is 1.90. The molecule has 2 aromatic carbocycles. The number of carbonyl (C=O) groups excluding carboxylic acids is 1. The number of thiophene rings is 2. The summed E-state index contributed by atoms with van der Waals surface area (Å²) < 4.78 is 30.8. The number of anilines is 2. The van der Waals surface area contributed by atoms with E-state index in [4.69, 9.17) is 4.74 Å². The molecule has 0 amide bonds. The summed E-state index contributed by atoms with van der Waals surface area (Å²) in [5.41, 5.74) is 1.03. The average molecular weight is 486 g/mol. The van der Waals surface area contributed by atoms with Gasteiger partial charge in [0.15, 0.2) is 0 Å². The lowest BCUT2D eigenvalue weighted by molar-refractivity contribution is 0.00762. The molecule has 0 fully saturated rings. The van der Waals surface area contributed by atoms with Crippen LogP contribution in [-0.2, 0) is 16.0 Å². The Morgan fingerprint density at radius 3 is 2.28 bits per heavy atom. The molecule has 32 heavy (non-hydrogen) atoms. The molecule has 0 spiro atoms. The highest BCUT2D eigenvalue weighted by Gasteiger charge is 2.30. The third-order valence-electron chi connectivity index (χ3n) is 4.67. The first kappa shape index (κ1) is 22.7. The molecule has 0 aliphatic heterocycles. The van der Waals surface area contributed by atoms with E-state index in [1.807, 2.05) is 37.3 Å². The number of nitrogens with zero attached hydrogens (tertiary/aromatic N) is 1. The van der Waals surface area contributed by atoms with Crippen LogP contribution in [0.3, 0.4) is 0 Å². The SMILES string of the molecule is Cc1ccccc1N(c1cc(-c2cc3ccccc3s2)sc1C(=O)OC(C)(C)C)S(=O)O. The van der Waals surface area contributed by atoms with Gasteiger partial charge in [-0.1, -0.05) is 36.4 Å². The molecule has 0 bridgehead atoms. The Morgan fingerprint density at radius 1 is 0.969 bits per heavy atom. The maximum Gasteiger partial charge on any atom is 0.351 e. The number of rotatable bonds is 5. The summed E-state index contributed by atoms with van der Waals surface area (Å²) in [5, 5.41) is 1.11. The van der Waals surface area contributed by atoms with Gasteiger partial charge in [-0.3, -0.25) is 4.55 Å². The number of esters is 1. The van der Waals surface area contributed by atoms with Crippen molar-refractivity contribution in [2.24, 2.45) is 0 Å². The van der Waals surface area contributed by atoms with E-state index in [0.717, 1.165) is 25.4 Å². The number of aryl methyl sites for hydroxylation is 1. The minimum atomic E-state index is -2.39.